The minimum Gasteiger partial charge on any atom is -0.314 e. The quantitative estimate of drug-likeness (QED) is 0.226. The zero-order valence-corrected chi connectivity index (χ0v) is 21.5. The van der Waals surface area contributed by atoms with Crippen molar-refractivity contribution in [2.24, 2.45) is 0 Å². The fourth-order valence-corrected chi connectivity index (χ4v) is 8.10. The van der Waals surface area contributed by atoms with Crippen LogP contribution in [0.4, 0.5) is 0 Å². The summed E-state index contributed by atoms with van der Waals surface area (Å²) in [5.74, 6) is 0. The molecule has 176 valence electrons. The van der Waals surface area contributed by atoms with Crippen molar-refractivity contribution in [1.29, 1.82) is 0 Å². The van der Waals surface area contributed by atoms with Crippen LogP contribution in [-0.2, 0) is 4.57 Å². The van der Waals surface area contributed by atoms with E-state index in [2.05, 4.69) is 103 Å². The van der Waals surface area contributed by atoms with E-state index in [0.29, 0.717) is 0 Å². The first-order chi connectivity index (χ1) is 18.1. The van der Waals surface area contributed by atoms with E-state index in [1.807, 2.05) is 37.0 Å². The molecule has 2 heteroatoms. The first-order valence-electron chi connectivity index (χ1n) is 12.6. The fraction of sp³-hybridized carbons (Fsp3) is 0.0286. The highest BCUT2D eigenvalue weighted by molar-refractivity contribution is 7.79. The molecule has 37 heavy (non-hydrogen) atoms. The molecule has 1 aliphatic heterocycles. The largest absolute Gasteiger partial charge is 0.314 e. The molecule has 6 aromatic carbocycles. The first kappa shape index (κ1) is 22.0. The van der Waals surface area contributed by atoms with Gasteiger partial charge in [-0.05, 0) is 68.5 Å². The van der Waals surface area contributed by atoms with Crippen LogP contribution in [0, 0.1) is 0 Å². The average Bonchev–Trinajstić information content (AvgIpc) is 3.20. The summed E-state index contributed by atoms with van der Waals surface area (Å²) in [4.78, 5) is 0. The summed E-state index contributed by atoms with van der Waals surface area (Å²) >= 11 is 0. The monoisotopic (exact) mass is 492 g/mol. The smallest absolute Gasteiger partial charge is 0.141 e. The van der Waals surface area contributed by atoms with Crippen molar-refractivity contribution in [2.45, 2.75) is 0 Å². The molecule has 0 saturated carbocycles. The number of hydrogen-bond donors (Lipinski definition) is 0. The van der Waals surface area contributed by atoms with Gasteiger partial charge < -0.3 is 4.57 Å². The molecule has 7 rings (SSSR count). The van der Waals surface area contributed by atoms with Gasteiger partial charge in [-0.15, -0.1) is 0 Å². The van der Waals surface area contributed by atoms with Crippen molar-refractivity contribution < 1.29 is 4.57 Å². The second-order valence-electron chi connectivity index (χ2n) is 9.83. The SMILES string of the molecule is CP1(=O)c2ccccc2-c2c(-c3cc(-c4ccc(-c5ccccc5)cc4)c4ccccc4c3)cccc21. The summed E-state index contributed by atoms with van der Waals surface area (Å²) in [7, 11) is -2.62. The van der Waals surface area contributed by atoms with Gasteiger partial charge in [-0.3, -0.25) is 0 Å². The Morgan fingerprint density at radius 3 is 1.92 bits per heavy atom. The highest BCUT2D eigenvalue weighted by atomic mass is 31.2. The molecular weight excluding hydrogens is 467 g/mol. The molecule has 0 fully saturated rings. The van der Waals surface area contributed by atoms with E-state index in [-0.39, 0.29) is 0 Å². The first-order valence-corrected chi connectivity index (χ1v) is 14.8. The second kappa shape index (κ2) is 8.44. The molecule has 1 nitrogen and oxygen atoms in total. The van der Waals surface area contributed by atoms with Crippen molar-refractivity contribution >= 4 is 28.5 Å². The summed E-state index contributed by atoms with van der Waals surface area (Å²) in [6.45, 7) is 1.90. The van der Waals surface area contributed by atoms with E-state index in [1.54, 1.807) is 0 Å². The lowest BCUT2D eigenvalue weighted by Gasteiger charge is -2.15. The van der Waals surface area contributed by atoms with Gasteiger partial charge in [-0.25, -0.2) is 0 Å². The van der Waals surface area contributed by atoms with Gasteiger partial charge in [0.1, 0.15) is 7.14 Å². The van der Waals surface area contributed by atoms with Gasteiger partial charge in [0.2, 0.25) is 0 Å². The van der Waals surface area contributed by atoms with Crippen LogP contribution in [0.15, 0.2) is 133 Å². The lowest BCUT2D eigenvalue weighted by molar-refractivity contribution is 0.591. The van der Waals surface area contributed by atoms with Crippen LogP contribution >= 0.6 is 7.14 Å². The highest BCUT2D eigenvalue weighted by Crippen LogP contribution is 2.52. The molecule has 0 bridgehead atoms. The standard InChI is InChI=1S/C35H25OP/c1-37(36)33-16-8-7-14-31(33)35-30(15-9-17-34(35)37)28-22-27-12-5-6-13-29(27)32(23-28)26-20-18-25(19-21-26)24-10-3-2-4-11-24/h2-23H,1H3. The van der Waals surface area contributed by atoms with Gasteiger partial charge in [0, 0.05) is 16.2 Å². The summed E-state index contributed by atoms with van der Waals surface area (Å²) in [6, 6.07) is 47.0. The number of fused-ring (bicyclic) bond motifs is 4. The molecule has 1 heterocycles. The molecule has 0 radical (unpaired) electrons. The topological polar surface area (TPSA) is 17.1 Å². The number of benzene rings is 6. The maximum Gasteiger partial charge on any atom is 0.141 e. The third kappa shape index (κ3) is 3.50. The lowest BCUT2D eigenvalue weighted by atomic mass is 9.89. The van der Waals surface area contributed by atoms with Crippen LogP contribution in [-0.4, -0.2) is 6.66 Å². The lowest BCUT2D eigenvalue weighted by Crippen LogP contribution is -2.07. The van der Waals surface area contributed by atoms with Crippen molar-refractivity contribution in [3.8, 4) is 44.5 Å². The van der Waals surface area contributed by atoms with Crippen LogP contribution < -0.4 is 10.6 Å². The van der Waals surface area contributed by atoms with Crippen LogP contribution in [0.2, 0.25) is 0 Å². The molecular formula is C35H25OP. The molecule has 6 aromatic rings. The van der Waals surface area contributed by atoms with Gasteiger partial charge in [0.25, 0.3) is 0 Å². The van der Waals surface area contributed by atoms with E-state index < -0.39 is 7.14 Å². The van der Waals surface area contributed by atoms with Gasteiger partial charge >= 0.3 is 0 Å². The maximum absolute atomic E-state index is 13.9. The fourth-order valence-electron chi connectivity index (χ4n) is 5.78. The Morgan fingerprint density at radius 2 is 1.08 bits per heavy atom. The molecule has 0 aromatic heterocycles. The summed E-state index contributed by atoms with van der Waals surface area (Å²) in [6.07, 6.45) is 0. The van der Waals surface area contributed by atoms with Crippen molar-refractivity contribution in [3.63, 3.8) is 0 Å². The Hall–Kier alpha value is -4.19. The number of rotatable bonds is 3. The van der Waals surface area contributed by atoms with E-state index in [1.165, 1.54) is 33.0 Å². The molecule has 1 aliphatic rings. The van der Waals surface area contributed by atoms with Crippen LogP contribution in [0.25, 0.3) is 55.3 Å². The minimum absolute atomic E-state index is 0.966. The van der Waals surface area contributed by atoms with Crippen molar-refractivity contribution in [1.82, 2.24) is 0 Å². The van der Waals surface area contributed by atoms with Gasteiger partial charge in [0.15, 0.2) is 0 Å². The zero-order valence-electron chi connectivity index (χ0n) is 20.6. The molecule has 1 unspecified atom stereocenters. The second-order valence-corrected chi connectivity index (χ2v) is 12.6. The third-order valence-electron chi connectivity index (χ3n) is 7.61. The van der Waals surface area contributed by atoms with Gasteiger partial charge in [-0.1, -0.05) is 121 Å². The Morgan fingerprint density at radius 1 is 0.459 bits per heavy atom. The molecule has 0 saturated heterocycles. The Bertz CT molecular complexity index is 1850. The van der Waals surface area contributed by atoms with Gasteiger partial charge in [0.05, 0.1) is 0 Å². The molecule has 1 atom stereocenters. The van der Waals surface area contributed by atoms with Gasteiger partial charge in [-0.2, -0.15) is 0 Å². The predicted molar refractivity (Wildman–Crippen MR) is 158 cm³/mol. The van der Waals surface area contributed by atoms with Crippen LogP contribution in [0.5, 0.6) is 0 Å². The Kier molecular flexibility index (Phi) is 5.03. The summed E-state index contributed by atoms with van der Waals surface area (Å²) in [5, 5.41) is 4.36. The zero-order chi connectivity index (χ0) is 25.0. The Labute approximate surface area is 217 Å². The van der Waals surface area contributed by atoms with E-state index in [4.69, 9.17) is 0 Å². The maximum atomic E-state index is 13.9. The van der Waals surface area contributed by atoms with E-state index in [9.17, 15) is 4.57 Å². The normalized spacial score (nSPS) is 15.9. The minimum atomic E-state index is -2.62. The Balaban J connectivity index is 1.44. The highest BCUT2D eigenvalue weighted by Gasteiger charge is 2.35. The van der Waals surface area contributed by atoms with E-state index >= 15 is 0 Å². The number of hydrogen-bond acceptors (Lipinski definition) is 1. The summed E-state index contributed by atoms with van der Waals surface area (Å²) in [5.41, 5.74) is 9.32. The van der Waals surface area contributed by atoms with E-state index in [0.717, 1.165) is 32.9 Å². The average molecular weight is 493 g/mol. The predicted octanol–water partition coefficient (Wildman–Crippen LogP) is 8.76. The third-order valence-corrected chi connectivity index (χ3v) is 10.2. The summed E-state index contributed by atoms with van der Waals surface area (Å²) < 4.78 is 13.9. The van der Waals surface area contributed by atoms with Crippen molar-refractivity contribution in [3.05, 3.63) is 133 Å². The molecule has 0 amide bonds. The van der Waals surface area contributed by atoms with Crippen LogP contribution in [0.1, 0.15) is 0 Å². The molecule has 0 aliphatic carbocycles. The molecule has 0 N–H and O–H groups in total. The van der Waals surface area contributed by atoms with Crippen LogP contribution in [0.3, 0.4) is 0 Å². The van der Waals surface area contributed by atoms with Crippen molar-refractivity contribution in [2.75, 3.05) is 6.66 Å². The molecule has 0 spiro atoms.